The Hall–Kier alpha value is -3.47. The van der Waals surface area contributed by atoms with Crippen molar-refractivity contribution in [2.24, 2.45) is 5.92 Å². The summed E-state index contributed by atoms with van der Waals surface area (Å²) >= 11 is 12.9. The smallest absolute Gasteiger partial charge is 0.387 e. The molecule has 0 radical (unpaired) electrons. The van der Waals surface area contributed by atoms with Gasteiger partial charge in [-0.2, -0.15) is 8.78 Å². The van der Waals surface area contributed by atoms with Crippen LogP contribution >= 0.6 is 23.2 Å². The molecule has 1 aliphatic heterocycles. The first-order chi connectivity index (χ1) is 24.4. The molecule has 1 N–H and O–H groups in total. The fourth-order valence-corrected chi connectivity index (χ4v) is 6.85. The monoisotopic (exact) mass is 773 g/mol. The van der Waals surface area contributed by atoms with Crippen LogP contribution < -0.4 is 18.5 Å². The zero-order valence-corrected chi connectivity index (χ0v) is 30.1. The van der Waals surface area contributed by atoms with Crippen LogP contribution in [0.5, 0.6) is 17.2 Å². The summed E-state index contributed by atoms with van der Waals surface area (Å²) in [5, 5.41) is 9.94. The Morgan fingerprint density at radius 2 is 1.78 bits per heavy atom. The molecule has 1 aromatic heterocycles. The number of carbonyl (C=O) groups excluding carboxylic acids is 1. The highest BCUT2D eigenvalue weighted by molar-refractivity contribution is 7.92. The lowest BCUT2D eigenvalue weighted by Crippen LogP contribution is -2.43. The van der Waals surface area contributed by atoms with Gasteiger partial charge in [0.25, 0.3) is 0 Å². The van der Waals surface area contributed by atoms with Crippen molar-refractivity contribution in [2.45, 2.75) is 32.0 Å². The van der Waals surface area contributed by atoms with Crippen molar-refractivity contribution < 1.29 is 50.8 Å². The van der Waals surface area contributed by atoms with E-state index in [2.05, 4.69) is 14.6 Å². The molecule has 17 heteroatoms. The van der Waals surface area contributed by atoms with Gasteiger partial charge in [0.05, 0.1) is 54.0 Å². The quantitative estimate of drug-likeness (QED) is 0.167. The molecule has 278 valence electrons. The summed E-state index contributed by atoms with van der Waals surface area (Å²) in [6.07, 6.45) is 4.68. The van der Waals surface area contributed by atoms with Gasteiger partial charge in [-0.15, -0.1) is 0 Å². The normalized spacial score (nSPS) is 15.7. The molecule has 2 heterocycles. The van der Waals surface area contributed by atoms with Crippen LogP contribution in [0.25, 0.3) is 0 Å². The number of aliphatic hydroxyl groups is 1. The number of hydrogen-bond acceptors (Lipinski definition) is 11. The van der Waals surface area contributed by atoms with E-state index >= 15 is 0 Å². The van der Waals surface area contributed by atoms with E-state index < -0.39 is 28.7 Å². The van der Waals surface area contributed by atoms with Gasteiger partial charge in [0.1, 0.15) is 18.5 Å². The largest absolute Gasteiger partial charge is 0.489 e. The molecule has 0 bridgehead atoms. The average Bonchev–Trinajstić information content (AvgIpc) is 3.93. The van der Waals surface area contributed by atoms with Gasteiger partial charge in [0.15, 0.2) is 11.5 Å². The van der Waals surface area contributed by atoms with Crippen LogP contribution in [0.3, 0.4) is 0 Å². The topological polar surface area (TPSA) is 137 Å². The van der Waals surface area contributed by atoms with Crippen LogP contribution in [0.15, 0.2) is 48.8 Å². The zero-order valence-electron chi connectivity index (χ0n) is 27.8. The van der Waals surface area contributed by atoms with Gasteiger partial charge in [-0.05, 0) is 60.2 Å². The Bertz CT molecular complexity index is 1740. The molecule has 3 aromatic rings. The Labute approximate surface area is 305 Å². The summed E-state index contributed by atoms with van der Waals surface area (Å²) < 4.78 is 81.3. The Kier molecular flexibility index (Phi) is 13.6. The average molecular weight is 775 g/mol. The minimum Gasteiger partial charge on any atom is -0.489 e. The minimum atomic E-state index is -3.80. The number of ether oxygens (including phenoxy) is 5. The molecular weight excluding hydrogens is 735 g/mol. The molecule has 1 unspecified atom stereocenters. The highest BCUT2D eigenvalue weighted by Crippen LogP contribution is 2.39. The van der Waals surface area contributed by atoms with E-state index in [1.807, 2.05) is 0 Å². The van der Waals surface area contributed by atoms with Crippen molar-refractivity contribution in [2.75, 3.05) is 69.8 Å². The second kappa shape index (κ2) is 17.8. The molecule has 0 amide bonds. The summed E-state index contributed by atoms with van der Waals surface area (Å²) in [5.74, 6) is -0.611. The summed E-state index contributed by atoms with van der Waals surface area (Å²) in [6, 6.07) is 8.44. The lowest BCUT2D eigenvalue weighted by molar-refractivity contribution is -0.0515. The van der Waals surface area contributed by atoms with Crippen molar-refractivity contribution >= 4 is 44.9 Å². The number of carbonyl (C=O) groups is 1. The number of halogens is 4. The summed E-state index contributed by atoms with van der Waals surface area (Å²) in [6.45, 7) is -0.406. The van der Waals surface area contributed by atoms with Crippen molar-refractivity contribution in [3.63, 3.8) is 0 Å². The molecule has 2 fully saturated rings. The van der Waals surface area contributed by atoms with Crippen LogP contribution in [0.2, 0.25) is 10.0 Å². The Morgan fingerprint density at radius 1 is 1.06 bits per heavy atom. The number of alkyl halides is 2. The van der Waals surface area contributed by atoms with Gasteiger partial charge in [0, 0.05) is 45.0 Å². The number of sulfonamides is 1. The number of esters is 1. The first-order valence-electron chi connectivity index (χ1n) is 16.3. The van der Waals surface area contributed by atoms with Crippen molar-refractivity contribution in [1.82, 2.24) is 9.88 Å². The minimum absolute atomic E-state index is 0.00750. The number of hydrogen-bond donors (Lipinski definition) is 1. The van der Waals surface area contributed by atoms with Crippen LogP contribution in [0, 0.1) is 5.92 Å². The van der Waals surface area contributed by atoms with Crippen molar-refractivity contribution in [1.29, 1.82) is 0 Å². The maximum atomic E-state index is 13.8. The number of anilines is 1. The fourth-order valence-electron chi connectivity index (χ4n) is 5.41. The molecular formula is C34H39Cl2F2N3O9S. The fraction of sp³-hybridized carbons (Fsp3) is 0.471. The van der Waals surface area contributed by atoms with Gasteiger partial charge < -0.3 is 28.8 Å². The summed E-state index contributed by atoms with van der Waals surface area (Å²) in [7, 11) is -3.80. The molecule has 2 aliphatic rings. The predicted molar refractivity (Wildman–Crippen MR) is 186 cm³/mol. The summed E-state index contributed by atoms with van der Waals surface area (Å²) in [5.41, 5.74) is 0.980. The van der Waals surface area contributed by atoms with Gasteiger partial charge in [-0.1, -0.05) is 29.3 Å². The lowest BCUT2D eigenvalue weighted by atomic mass is 10.0. The van der Waals surface area contributed by atoms with Crippen LogP contribution in [-0.2, 0) is 25.9 Å². The van der Waals surface area contributed by atoms with E-state index in [1.54, 1.807) is 0 Å². The molecule has 1 atom stereocenters. The molecule has 1 saturated heterocycles. The van der Waals surface area contributed by atoms with Gasteiger partial charge >= 0.3 is 12.6 Å². The number of rotatable bonds is 18. The molecule has 51 heavy (non-hydrogen) atoms. The molecule has 0 spiro atoms. The van der Waals surface area contributed by atoms with E-state index in [0.717, 1.165) is 19.1 Å². The Morgan fingerprint density at radius 3 is 2.43 bits per heavy atom. The highest BCUT2D eigenvalue weighted by atomic mass is 35.5. The second-order valence-corrected chi connectivity index (χ2v) is 14.8. The van der Waals surface area contributed by atoms with E-state index in [0.29, 0.717) is 56.5 Å². The zero-order chi connectivity index (χ0) is 36.5. The van der Waals surface area contributed by atoms with Gasteiger partial charge in [-0.3, -0.25) is 14.2 Å². The first kappa shape index (κ1) is 38.8. The van der Waals surface area contributed by atoms with Crippen LogP contribution in [-0.4, -0.2) is 101 Å². The first-order valence-corrected chi connectivity index (χ1v) is 18.9. The Balaban J connectivity index is 1.46. The third-order valence-corrected chi connectivity index (χ3v) is 10.1. The lowest BCUT2D eigenvalue weighted by Gasteiger charge is -2.30. The third kappa shape index (κ3) is 11.0. The van der Waals surface area contributed by atoms with E-state index in [4.69, 9.17) is 42.1 Å². The maximum Gasteiger partial charge on any atom is 0.387 e. The molecule has 1 saturated carbocycles. The van der Waals surface area contributed by atoms with E-state index in [-0.39, 0.29) is 64.7 Å². The van der Waals surface area contributed by atoms with Crippen LogP contribution in [0.4, 0.5) is 14.5 Å². The van der Waals surface area contributed by atoms with E-state index in [1.165, 1.54) is 53.1 Å². The molecule has 5 rings (SSSR count). The second-order valence-electron chi connectivity index (χ2n) is 12.1. The standard InChI is InChI=1S/C34H39Cl2F2N3O9S/c1-51(44,45)41(9-8-40-10-13-46-14-11-40)28-6-4-24(17-31(28)47-15-12-42)33(43)49-30(18-25-26(35)19-39-20-27(25)36)23-5-7-29(50-34(37)38)32(16-23)48-21-22-2-3-22/h4-7,16-17,19-20,22,30,34,42H,2-3,8-15,18,21H2,1H3. The van der Waals surface area contributed by atoms with Crippen molar-refractivity contribution in [3.05, 3.63) is 75.5 Å². The van der Waals surface area contributed by atoms with Gasteiger partial charge in [0.2, 0.25) is 10.0 Å². The molecule has 12 nitrogen and oxygen atoms in total. The highest BCUT2D eigenvalue weighted by Gasteiger charge is 2.28. The van der Waals surface area contributed by atoms with E-state index in [9.17, 15) is 27.1 Å². The number of benzene rings is 2. The SMILES string of the molecule is CS(=O)(=O)N(CCN1CCOCC1)c1ccc(C(=O)OC(Cc2c(Cl)cncc2Cl)c2ccc(OC(F)F)c(OCC3CC3)c2)cc1OCCO. The van der Waals surface area contributed by atoms with Crippen LogP contribution in [0.1, 0.15) is 40.4 Å². The maximum absolute atomic E-state index is 13.8. The van der Waals surface area contributed by atoms with Gasteiger partial charge in [-0.25, -0.2) is 13.2 Å². The third-order valence-electron chi connectivity index (χ3n) is 8.25. The van der Waals surface area contributed by atoms with Crippen molar-refractivity contribution in [3.8, 4) is 17.2 Å². The molecule has 1 aliphatic carbocycles. The number of aliphatic hydroxyl groups excluding tert-OH is 1. The number of pyridine rings is 1. The number of morpholine rings is 1. The number of aromatic nitrogens is 1. The predicted octanol–water partition coefficient (Wildman–Crippen LogP) is 5.39. The molecule has 2 aromatic carbocycles. The number of nitrogens with zero attached hydrogens (tertiary/aromatic N) is 3. The summed E-state index contributed by atoms with van der Waals surface area (Å²) in [4.78, 5) is 19.9.